The summed E-state index contributed by atoms with van der Waals surface area (Å²) in [5.41, 5.74) is 5.26. The Morgan fingerprint density at radius 3 is 2.88 bits per heavy atom. The first-order valence-electron chi connectivity index (χ1n) is 4.80. The van der Waals surface area contributed by atoms with Crippen molar-refractivity contribution in [2.75, 3.05) is 19.5 Å². The Bertz CT molecular complexity index is 381. The second kappa shape index (κ2) is 5.46. The van der Waals surface area contributed by atoms with Gasteiger partial charge in [0.05, 0.1) is 17.9 Å². The molecule has 0 radical (unpaired) electrons. The number of ether oxygens (including phenoxy) is 2. The molecule has 16 heavy (non-hydrogen) atoms. The first-order valence-corrected chi connectivity index (χ1v) is 4.80. The van der Waals surface area contributed by atoms with Gasteiger partial charge in [-0.1, -0.05) is 6.07 Å². The van der Waals surface area contributed by atoms with Crippen molar-refractivity contribution in [2.45, 2.75) is 13.0 Å². The minimum absolute atomic E-state index is 0.0305. The summed E-state index contributed by atoms with van der Waals surface area (Å²) in [6.07, 6.45) is -0.403. The Kier molecular flexibility index (Phi) is 4.25. The van der Waals surface area contributed by atoms with Crippen LogP contribution in [0.15, 0.2) is 18.2 Å². The summed E-state index contributed by atoms with van der Waals surface area (Å²) in [7, 11) is 1.50. The molecule has 4 nitrogen and oxygen atoms in total. The van der Waals surface area contributed by atoms with Gasteiger partial charge in [-0.05, 0) is 19.1 Å². The highest BCUT2D eigenvalue weighted by Gasteiger charge is 2.16. The third kappa shape index (κ3) is 2.93. The van der Waals surface area contributed by atoms with Gasteiger partial charge in [-0.25, -0.2) is 9.18 Å². The van der Waals surface area contributed by atoms with Crippen LogP contribution in [0, 0.1) is 5.82 Å². The number of nitrogen functional groups attached to an aromatic ring is 1. The van der Waals surface area contributed by atoms with E-state index in [1.165, 1.54) is 25.3 Å². The zero-order valence-electron chi connectivity index (χ0n) is 9.20. The smallest absolute Gasteiger partial charge is 0.340 e. The van der Waals surface area contributed by atoms with Crippen molar-refractivity contribution in [1.29, 1.82) is 0 Å². The van der Waals surface area contributed by atoms with Crippen LogP contribution in [0.2, 0.25) is 0 Å². The number of nitrogens with two attached hydrogens (primary N) is 1. The van der Waals surface area contributed by atoms with E-state index in [0.29, 0.717) is 0 Å². The number of rotatable bonds is 4. The molecule has 0 aliphatic carbocycles. The van der Waals surface area contributed by atoms with Crippen LogP contribution in [-0.2, 0) is 9.47 Å². The number of benzene rings is 1. The predicted octanol–water partition coefficient (Wildman–Crippen LogP) is 1.60. The molecule has 0 amide bonds. The molecule has 88 valence electrons. The van der Waals surface area contributed by atoms with Gasteiger partial charge in [0.15, 0.2) is 0 Å². The lowest BCUT2D eigenvalue weighted by atomic mass is 10.2. The number of para-hydroxylation sites is 1. The fraction of sp³-hybridized carbons (Fsp3) is 0.364. The van der Waals surface area contributed by atoms with E-state index in [1.807, 2.05) is 0 Å². The van der Waals surface area contributed by atoms with Gasteiger partial charge in [0.25, 0.3) is 0 Å². The quantitative estimate of drug-likeness (QED) is 0.627. The largest absolute Gasteiger partial charge is 0.457 e. The van der Waals surface area contributed by atoms with E-state index in [2.05, 4.69) is 0 Å². The lowest BCUT2D eigenvalue weighted by Gasteiger charge is -2.13. The van der Waals surface area contributed by atoms with Gasteiger partial charge < -0.3 is 15.2 Å². The Hall–Kier alpha value is -1.62. The molecule has 1 unspecified atom stereocenters. The minimum Gasteiger partial charge on any atom is -0.457 e. The molecule has 1 rings (SSSR count). The summed E-state index contributed by atoms with van der Waals surface area (Å²) in [5.74, 6) is -1.28. The second-order valence-corrected chi connectivity index (χ2v) is 3.37. The lowest BCUT2D eigenvalue weighted by Crippen LogP contribution is -2.20. The summed E-state index contributed by atoms with van der Waals surface area (Å²) in [4.78, 5) is 11.6. The average molecular weight is 227 g/mol. The van der Waals surface area contributed by atoms with Crippen molar-refractivity contribution >= 4 is 11.7 Å². The molecular formula is C11H14FNO3. The van der Waals surface area contributed by atoms with E-state index in [4.69, 9.17) is 15.2 Å². The van der Waals surface area contributed by atoms with Crippen LogP contribution in [0.5, 0.6) is 0 Å². The molecule has 1 atom stereocenters. The number of methoxy groups -OCH3 is 1. The predicted molar refractivity (Wildman–Crippen MR) is 57.6 cm³/mol. The van der Waals surface area contributed by atoms with Crippen LogP contribution in [-0.4, -0.2) is 25.8 Å². The van der Waals surface area contributed by atoms with Crippen molar-refractivity contribution < 1.29 is 18.7 Å². The Morgan fingerprint density at radius 1 is 1.56 bits per heavy atom. The lowest BCUT2D eigenvalue weighted by molar-refractivity contribution is 0.0121. The fourth-order valence-corrected chi connectivity index (χ4v) is 1.23. The number of hydrogen-bond donors (Lipinski definition) is 1. The summed E-state index contributed by atoms with van der Waals surface area (Å²) in [5, 5.41) is 0. The molecule has 1 aromatic carbocycles. The Morgan fingerprint density at radius 2 is 2.25 bits per heavy atom. The summed E-state index contributed by atoms with van der Waals surface area (Å²) >= 11 is 0. The molecule has 0 aromatic heterocycles. The number of anilines is 1. The van der Waals surface area contributed by atoms with Crippen molar-refractivity contribution in [1.82, 2.24) is 0 Å². The first kappa shape index (κ1) is 12.4. The normalized spacial score (nSPS) is 12.2. The third-order valence-electron chi connectivity index (χ3n) is 1.98. The number of halogens is 1. The maximum atomic E-state index is 13.1. The molecular weight excluding hydrogens is 213 g/mol. The molecule has 0 spiro atoms. The van der Waals surface area contributed by atoms with Crippen molar-refractivity contribution in [2.24, 2.45) is 0 Å². The number of hydrogen-bond acceptors (Lipinski definition) is 4. The zero-order valence-corrected chi connectivity index (χ0v) is 9.20. The first-order chi connectivity index (χ1) is 7.56. The van der Waals surface area contributed by atoms with Gasteiger partial charge in [0.1, 0.15) is 11.9 Å². The van der Waals surface area contributed by atoms with Crippen LogP contribution in [0.25, 0.3) is 0 Å². The highest BCUT2D eigenvalue weighted by molar-refractivity contribution is 5.95. The number of carbonyl (C=O) groups is 1. The fourth-order valence-electron chi connectivity index (χ4n) is 1.23. The van der Waals surface area contributed by atoms with Gasteiger partial charge in [-0.2, -0.15) is 0 Å². The molecule has 5 heteroatoms. The number of carbonyl (C=O) groups excluding carboxylic acids is 1. The topological polar surface area (TPSA) is 61.5 Å². The molecule has 0 aliphatic rings. The SMILES string of the molecule is COCC(C)OC(=O)c1cccc(F)c1N. The second-order valence-electron chi connectivity index (χ2n) is 3.37. The molecule has 1 aromatic rings. The maximum absolute atomic E-state index is 13.1. The third-order valence-corrected chi connectivity index (χ3v) is 1.98. The zero-order chi connectivity index (χ0) is 12.1. The molecule has 0 saturated carbocycles. The van der Waals surface area contributed by atoms with Crippen LogP contribution >= 0.6 is 0 Å². The van der Waals surface area contributed by atoms with Crippen LogP contribution in [0.4, 0.5) is 10.1 Å². The van der Waals surface area contributed by atoms with Crippen LogP contribution < -0.4 is 5.73 Å². The van der Waals surface area contributed by atoms with Crippen molar-refractivity contribution in [3.8, 4) is 0 Å². The summed E-state index contributed by atoms with van der Waals surface area (Å²) in [6, 6.07) is 4.01. The average Bonchev–Trinajstić information content (AvgIpc) is 2.22. The maximum Gasteiger partial charge on any atom is 0.340 e. The van der Waals surface area contributed by atoms with Gasteiger partial charge in [-0.15, -0.1) is 0 Å². The van der Waals surface area contributed by atoms with E-state index < -0.39 is 17.9 Å². The Balaban J connectivity index is 2.77. The minimum atomic E-state index is -0.651. The van der Waals surface area contributed by atoms with E-state index in [1.54, 1.807) is 6.92 Å². The Labute approximate surface area is 93.2 Å². The summed E-state index contributed by atoms with van der Waals surface area (Å²) < 4.78 is 22.9. The van der Waals surface area contributed by atoms with E-state index in [-0.39, 0.29) is 17.9 Å². The van der Waals surface area contributed by atoms with E-state index in [9.17, 15) is 9.18 Å². The van der Waals surface area contributed by atoms with Crippen LogP contribution in [0.1, 0.15) is 17.3 Å². The van der Waals surface area contributed by atoms with Crippen LogP contribution in [0.3, 0.4) is 0 Å². The highest BCUT2D eigenvalue weighted by Crippen LogP contribution is 2.17. The molecule has 0 saturated heterocycles. The molecule has 0 aliphatic heterocycles. The molecule has 0 bridgehead atoms. The molecule has 0 fully saturated rings. The van der Waals surface area contributed by atoms with Gasteiger partial charge in [0.2, 0.25) is 0 Å². The molecule has 2 N–H and O–H groups in total. The monoisotopic (exact) mass is 227 g/mol. The number of esters is 1. The van der Waals surface area contributed by atoms with E-state index in [0.717, 1.165) is 0 Å². The van der Waals surface area contributed by atoms with E-state index >= 15 is 0 Å². The van der Waals surface area contributed by atoms with Gasteiger partial charge >= 0.3 is 5.97 Å². The summed E-state index contributed by atoms with van der Waals surface area (Å²) in [6.45, 7) is 1.96. The van der Waals surface area contributed by atoms with Crippen molar-refractivity contribution in [3.05, 3.63) is 29.6 Å². The van der Waals surface area contributed by atoms with Gasteiger partial charge in [-0.3, -0.25) is 0 Å². The molecule has 0 heterocycles. The van der Waals surface area contributed by atoms with Crippen molar-refractivity contribution in [3.63, 3.8) is 0 Å². The standard InChI is InChI=1S/C11H14FNO3/c1-7(6-15-2)16-11(14)8-4-3-5-9(12)10(8)13/h3-5,7H,6,13H2,1-2H3. The highest BCUT2D eigenvalue weighted by atomic mass is 19.1. The van der Waals surface area contributed by atoms with Gasteiger partial charge in [0, 0.05) is 7.11 Å².